The van der Waals surface area contributed by atoms with Crippen LogP contribution in [0.2, 0.25) is 0 Å². The van der Waals surface area contributed by atoms with Gasteiger partial charge in [0.15, 0.2) is 0 Å². The highest BCUT2D eigenvalue weighted by atomic mass is 35.5. The van der Waals surface area contributed by atoms with Gasteiger partial charge in [-0.15, -0.1) is 24.2 Å². The predicted molar refractivity (Wildman–Crippen MR) is 50.3 cm³/mol. The van der Waals surface area contributed by atoms with Crippen molar-refractivity contribution in [2.45, 2.75) is 4.90 Å². The van der Waals surface area contributed by atoms with E-state index in [0.717, 1.165) is 0 Å². The number of hydrogen-bond acceptors (Lipinski definition) is 3. The molecule has 0 bridgehead atoms. The summed E-state index contributed by atoms with van der Waals surface area (Å²) in [5.74, 6) is 5.63. The van der Waals surface area contributed by atoms with Gasteiger partial charge in [0, 0.05) is 4.90 Å². The third-order valence-corrected chi connectivity index (χ3v) is 1.94. The molecular weight excluding hydrogens is 182 g/mol. The third-order valence-electron chi connectivity index (χ3n) is 1.20. The fourth-order valence-corrected chi connectivity index (χ4v) is 1.06. The van der Waals surface area contributed by atoms with Gasteiger partial charge in [0.05, 0.1) is 0 Å². The van der Waals surface area contributed by atoms with Crippen molar-refractivity contribution in [3.63, 3.8) is 0 Å². The minimum Gasteiger partial charge on any atom is -0.412 e. The maximum absolute atomic E-state index is 4.93. The normalized spacial score (nSPS) is 8.55. The van der Waals surface area contributed by atoms with E-state index in [0.29, 0.717) is 5.75 Å². The fraction of sp³-hybridized carbons (Fsp3) is 0.143. The van der Waals surface area contributed by atoms with Crippen LogP contribution in [0, 0.1) is 0 Å². The molecule has 2 nitrogen and oxygen atoms in total. The lowest BCUT2D eigenvalue weighted by atomic mass is 10.3. The van der Waals surface area contributed by atoms with E-state index in [4.69, 9.17) is 5.90 Å². The highest BCUT2D eigenvalue weighted by Gasteiger charge is 1.90. The van der Waals surface area contributed by atoms with Gasteiger partial charge in [-0.25, -0.2) is 0 Å². The minimum absolute atomic E-state index is 0. The van der Waals surface area contributed by atoms with Crippen LogP contribution in [0.1, 0.15) is 0 Å². The lowest BCUT2D eigenvalue weighted by Crippen LogP contribution is -2.00. The first-order valence-electron chi connectivity index (χ1n) is 2.87. The van der Waals surface area contributed by atoms with Crippen LogP contribution in [0.4, 0.5) is 0 Å². The molecule has 11 heavy (non-hydrogen) atoms. The van der Waals surface area contributed by atoms with Crippen molar-refractivity contribution in [2.24, 2.45) is 5.90 Å². The minimum atomic E-state index is 0. The largest absolute Gasteiger partial charge is 0.412 e. The van der Waals surface area contributed by atoms with Gasteiger partial charge in [-0.2, -0.15) is 5.90 Å². The fourth-order valence-electron chi connectivity index (χ4n) is 0.654. The zero-order chi connectivity index (χ0) is 7.40. The summed E-state index contributed by atoms with van der Waals surface area (Å²) in [6.45, 7) is 0. The second-order valence-electron chi connectivity index (χ2n) is 1.79. The lowest BCUT2D eigenvalue weighted by molar-refractivity contribution is 0.334. The van der Waals surface area contributed by atoms with Crippen molar-refractivity contribution in [1.82, 2.24) is 0 Å². The third kappa shape index (κ3) is 3.01. The van der Waals surface area contributed by atoms with Gasteiger partial charge >= 0.3 is 0 Å². The number of halogens is 1. The Balaban J connectivity index is 0.000001000. The molecule has 0 atom stereocenters. The quantitative estimate of drug-likeness (QED) is 0.575. The first kappa shape index (κ1) is 10.6. The van der Waals surface area contributed by atoms with E-state index in [1.54, 1.807) is 11.8 Å². The summed E-state index contributed by atoms with van der Waals surface area (Å²) in [4.78, 5) is 5.71. The Hall–Kier alpha value is -0.380. The van der Waals surface area contributed by atoms with Crippen LogP contribution in [-0.2, 0) is 0 Å². The Bertz CT molecular complexity index is 179. The zero-order valence-electron chi connectivity index (χ0n) is 6.11. The molecule has 0 saturated carbocycles. The van der Waals surface area contributed by atoms with Crippen molar-refractivity contribution in [1.29, 1.82) is 0 Å². The molecule has 0 heterocycles. The maximum atomic E-state index is 4.93. The number of nitrogens with two attached hydrogens (primary N) is 1. The van der Waals surface area contributed by atoms with Gasteiger partial charge in [-0.05, 0) is 30.5 Å². The standard InChI is InChI=1S/C7H9NOS.ClH/c1-10-7-4-2-6(9-8)3-5-7;/h2-5H,8H2,1H3;1H. The molecule has 0 radical (unpaired) electrons. The van der Waals surface area contributed by atoms with E-state index in [-0.39, 0.29) is 12.4 Å². The van der Waals surface area contributed by atoms with Crippen molar-refractivity contribution < 1.29 is 4.84 Å². The van der Waals surface area contributed by atoms with Crippen molar-refractivity contribution in [3.8, 4) is 5.75 Å². The van der Waals surface area contributed by atoms with Gasteiger partial charge in [-0.3, -0.25) is 0 Å². The Labute approximate surface area is 76.5 Å². The molecule has 4 heteroatoms. The molecule has 1 aromatic carbocycles. The van der Waals surface area contributed by atoms with Crippen LogP contribution in [0.3, 0.4) is 0 Å². The molecule has 0 amide bonds. The summed E-state index contributed by atoms with van der Waals surface area (Å²) < 4.78 is 0. The number of thioether (sulfide) groups is 1. The van der Waals surface area contributed by atoms with E-state index < -0.39 is 0 Å². The average Bonchev–Trinajstić information content (AvgIpc) is 2.05. The summed E-state index contributed by atoms with van der Waals surface area (Å²) >= 11 is 1.69. The molecule has 0 aliphatic heterocycles. The molecule has 0 aliphatic rings. The molecule has 1 aromatic rings. The predicted octanol–water partition coefficient (Wildman–Crippen LogP) is 2.08. The smallest absolute Gasteiger partial charge is 0.146 e. The molecule has 1 rings (SSSR count). The van der Waals surface area contributed by atoms with Gasteiger partial charge < -0.3 is 4.84 Å². The van der Waals surface area contributed by atoms with Gasteiger partial charge in [-0.1, -0.05) is 0 Å². The Morgan fingerprint density at radius 2 is 1.82 bits per heavy atom. The van der Waals surface area contributed by atoms with Crippen LogP contribution < -0.4 is 10.7 Å². The molecule has 0 aromatic heterocycles. The topological polar surface area (TPSA) is 35.2 Å². The molecule has 0 spiro atoms. The monoisotopic (exact) mass is 191 g/mol. The van der Waals surface area contributed by atoms with Gasteiger partial charge in [0.2, 0.25) is 0 Å². The summed E-state index contributed by atoms with van der Waals surface area (Å²) in [7, 11) is 0. The second-order valence-corrected chi connectivity index (χ2v) is 2.67. The molecular formula is C7H10ClNOS. The van der Waals surface area contributed by atoms with E-state index in [2.05, 4.69) is 4.84 Å². The van der Waals surface area contributed by atoms with E-state index in [9.17, 15) is 0 Å². The molecule has 0 saturated heterocycles. The van der Waals surface area contributed by atoms with Crippen LogP contribution in [0.15, 0.2) is 29.2 Å². The van der Waals surface area contributed by atoms with Crippen molar-refractivity contribution in [2.75, 3.05) is 6.26 Å². The highest BCUT2D eigenvalue weighted by Crippen LogP contribution is 2.17. The van der Waals surface area contributed by atoms with Crippen LogP contribution in [0.25, 0.3) is 0 Å². The SMILES string of the molecule is CSc1ccc(ON)cc1.Cl. The average molecular weight is 192 g/mol. The molecule has 0 unspecified atom stereocenters. The lowest BCUT2D eigenvalue weighted by Gasteiger charge is -1.97. The van der Waals surface area contributed by atoms with E-state index in [1.165, 1.54) is 4.90 Å². The van der Waals surface area contributed by atoms with Gasteiger partial charge in [0.25, 0.3) is 0 Å². The van der Waals surface area contributed by atoms with E-state index in [1.807, 2.05) is 30.5 Å². The number of benzene rings is 1. The van der Waals surface area contributed by atoms with Crippen molar-refractivity contribution >= 4 is 24.2 Å². The summed E-state index contributed by atoms with van der Waals surface area (Å²) in [6.07, 6.45) is 2.03. The maximum Gasteiger partial charge on any atom is 0.146 e. The first-order valence-corrected chi connectivity index (χ1v) is 4.10. The van der Waals surface area contributed by atoms with Crippen LogP contribution >= 0.6 is 24.2 Å². The first-order chi connectivity index (χ1) is 4.86. The van der Waals surface area contributed by atoms with E-state index >= 15 is 0 Å². The zero-order valence-corrected chi connectivity index (χ0v) is 7.74. The summed E-state index contributed by atoms with van der Waals surface area (Å²) in [5, 5.41) is 0. The Morgan fingerprint density at radius 3 is 2.18 bits per heavy atom. The summed E-state index contributed by atoms with van der Waals surface area (Å²) in [5.41, 5.74) is 0. The molecule has 62 valence electrons. The molecule has 0 aliphatic carbocycles. The Morgan fingerprint density at radius 1 is 1.27 bits per heavy atom. The summed E-state index contributed by atoms with van der Waals surface area (Å²) in [6, 6.07) is 7.61. The van der Waals surface area contributed by atoms with Gasteiger partial charge in [0.1, 0.15) is 5.75 Å². The second kappa shape index (κ2) is 5.29. The van der Waals surface area contributed by atoms with Crippen LogP contribution in [0.5, 0.6) is 5.75 Å². The van der Waals surface area contributed by atoms with Crippen molar-refractivity contribution in [3.05, 3.63) is 24.3 Å². The molecule has 2 N–H and O–H groups in total. The Kier molecular flexibility index (Phi) is 5.11. The number of hydrogen-bond donors (Lipinski definition) is 1. The van der Waals surface area contributed by atoms with Crippen LogP contribution in [-0.4, -0.2) is 6.26 Å². The molecule has 0 fully saturated rings. The highest BCUT2D eigenvalue weighted by molar-refractivity contribution is 7.98. The number of rotatable bonds is 2.